The van der Waals surface area contributed by atoms with Gasteiger partial charge in [0.2, 0.25) is 0 Å². The van der Waals surface area contributed by atoms with Gasteiger partial charge in [0.05, 0.1) is 5.69 Å². The molecule has 0 radical (unpaired) electrons. The summed E-state index contributed by atoms with van der Waals surface area (Å²) in [7, 11) is 1.83. The molecule has 0 spiro atoms. The first kappa shape index (κ1) is 20.0. The highest BCUT2D eigenvalue weighted by Crippen LogP contribution is 2.20. The summed E-state index contributed by atoms with van der Waals surface area (Å²) in [5.41, 5.74) is 3.32. The smallest absolute Gasteiger partial charge is 0.331 e. The second-order valence-corrected chi connectivity index (χ2v) is 6.51. The maximum absolute atomic E-state index is 11.8. The summed E-state index contributed by atoms with van der Waals surface area (Å²) in [5, 5.41) is 7.86. The Morgan fingerprint density at radius 3 is 2.65 bits per heavy atom. The van der Waals surface area contributed by atoms with Crippen LogP contribution in [0, 0.1) is 13.8 Å². The molecule has 1 aromatic carbocycles. The highest BCUT2D eigenvalue weighted by molar-refractivity contribution is 6.35. The number of aromatic nitrogens is 2. The van der Waals surface area contributed by atoms with Crippen molar-refractivity contribution in [3.8, 4) is 0 Å². The quantitative estimate of drug-likeness (QED) is 0.601. The molecule has 1 aromatic heterocycles. The first-order valence-electron chi connectivity index (χ1n) is 7.83. The minimum Gasteiger partial charge on any atom is -0.452 e. The van der Waals surface area contributed by atoms with Crippen LogP contribution in [0.2, 0.25) is 10.0 Å². The molecule has 0 fully saturated rings. The Bertz CT molecular complexity index is 860. The number of halogens is 2. The third-order valence-electron chi connectivity index (χ3n) is 3.79. The van der Waals surface area contributed by atoms with Crippen LogP contribution in [-0.4, -0.2) is 28.3 Å². The van der Waals surface area contributed by atoms with Crippen LogP contribution in [0.25, 0.3) is 6.08 Å². The fourth-order valence-corrected chi connectivity index (χ4v) is 2.75. The van der Waals surface area contributed by atoms with Crippen molar-refractivity contribution in [1.82, 2.24) is 15.1 Å². The fraction of sp³-hybridized carbons (Fsp3) is 0.278. The summed E-state index contributed by atoms with van der Waals surface area (Å²) >= 11 is 11.8. The number of hydrogen-bond acceptors (Lipinski definition) is 4. The molecule has 0 saturated heterocycles. The minimum atomic E-state index is -0.604. The summed E-state index contributed by atoms with van der Waals surface area (Å²) in [6, 6.07) is 5.00. The lowest BCUT2D eigenvalue weighted by atomic mass is 10.2. The topological polar surface area (TPSA) is 73.2 Å². The number of esters is 1. The maximum Gasteiger partial charge on any atom is 0.331 e. The normalized spacial score (nSPS) is 11.0. The van der Waals surface area contributed by atoms with E-state index in [9.17, 15) is 9.59 Å². The van der Waals surface area contributed by atoms with Gasteiger partial charge in [0.15, 0.2) is 6.61 Å². The van der Waals surface area contributed by atoms with Crippen LogP contribution in [0.15, 0.2) is 24.3 Å². The second-order valence-electron chi connectivity index (χ2n) is 5.66. The van der Waals surface area contributed by atoms with Gasteiger partial charge < -0.3 is 10.1 Å². The largest absolute Gasteiger partial charge is 0.452 e. The number of benzene rings is 1. The molecule has 138 valence electrons. The van der Waals surface area contributed by atoms with Crippen LogP contribution in [0.5, 0.6) is 0 Å². The van der Waals surface area contributed by atoms with E-state index in [-0.39, 0.29) is 13.2 Å². The molecule has 0 bridgehead atoms. The van der Waals surface area contributed by atoms with Gasteiger partial charge in [0.1, 0.15) is 0 Å². The summed E-state index contributed by atoms with van der Waals surface area (Å²) in [6.45, 7) is 3.60. The Balaban J connectivity index is 1.81. The van der Waals surface area contributed by atoms with Crippen molar-refractivity contribution in [2.45, 2.75) is 20.4 Å². The molecular formula is C18H19Cl2N3O3. The molecule has 8 heteroatoms. The van der Waals surface area contributed by atoms with Gasteiger partial charge in [-0.05, 0) is 37.6 Å². The molecule has 1 N–H and O–H groups in total. The average Bonchev–Trinajstić information content (AvgIpc) is 2.82. The van der Waals surface area contributed by atoms with E-state index in [1.165, 1.54) is 6.08 Å². The third-order valence-corrected chi connectivity index (χ3v) is 4.37. The Morgan fingerprint density at radius 2 is 2.04 bits per heavy atom. The van der Waals surface area contributed by atoms with Crippen molar-refractivity contribution in [2.75, 3.05) is 6.61 Å². The van der Waals surface area contributed by atoms with Crippen LogP contribution in [0.4, 0.5) is 0 Å². The third kappa shape index (κ3) is 5.34. The zero-order valence-electron chi connectivity index (χ0n) is 14.7. The Kier molecular flexibility index (Phi) is 6.83. The van der Waals surface area contributed by atoms with E-state index in [2.05, 4.69) is 10.4 Å². The molecule has 0 aliphatic rings. The van der Waals surface area contributed by atoms with Gasteiger partial charge in [0, 0.05) is 41.0 Å². The first-order chi connectivity index (χ1) is 12.3. The SMILES string of the molecule is Cc1nn(C)c(C)c1/C=C/C(=O)OCC(=O)NCc1ccc(Cl)cc1Cl. The number of nitrogens with zero attached hydrogens (tertiary/aromatic N) is 2. The Labute approximate surface area is 161 Å². The van der Waals surface area contributed by atoms with Gasteiger partial charge in [-0.25, -0.2) is 4.79 Å². The van der Waals surface area contributed by atoms with Crippen molar-refractivity contribution in [2.24, 2.45) is 7.05 Å². The van der Waals surface area contributed by atoms with Crippen molar-refractivity contribution >= 4 is 41.2 Å². The zero-order valence-corrected chi connectivity index (χ0v) is 16.2. The standard InChI is InChI=1S/C18H19Cl2N3O3/c1-11-15(12(2)23(3)22-11)6-7-18(25)26-10-17(24)21-9-13-4-5-14(19)8-16(13)20/h4-8H,9-10H2,1-3H3,(H,21,24)/b7-6+. The summed E-state index contributed by atoms with van der Waals surface area (Å²) in [5.74, 6) is -1.03. The van der Waals surface area contributed by atoms with Crippen LogP contribution in [-0.2, 0) is 27.9 Å². The molecular weight excluding hydrogens is 377 g/mol. The van der Waals surface area contributed by atoms with Crippen LogP contribution in [0.3, 0.4) is 0 Å². The highest BCUT2D eigenvalue weighted by Gasteiger charge is 2.09. The predicted octanol–water partition coefficient (Wildman–Crippen LogP) is 3.22. The monoisotopic (exact) mass is 395 g/mol. The van der Waals surface area contributed by atoms with E-state index >= 15 is 0 Å². The lowest BCUT2D eigenvalue weighted by Crippen LogP contribution is -2.28. The van der Waals surface area contributed by atoms with E-state index in [4.69, 9.17) is 27.9 Å². The molecule has 0 aliphatic carbocycles. The lowest BCUT2D eigenvalue weighted by molar-refractivity contribution is -0.143. The number of carbonyl (C=O) groups is 2. The molecule has 6 nitrogen and oxygen atoms in total. The van der Waals surface area contributed by atoms with Gasteiger partial charge >= 0.3 is 5.97 Å². The molecule has 2 aromatic rings. The highest BCUT2D eigenvalue weighted by atomic mass is 35.5. The Morgan fingerprint density at radius 1 is 1.31 bits per heavy atom. The van der Waals surface area contributed by atoms with E-state index in [0.717, 1.165) is 22.5 Å². The number of amides is 1. The van der Waals surface area contributed by atoms with Crippen LogP contribution in [0.1, 0.15) is 22.5 Å². The van der Waals surface area contributed by atoms with Crippen molar-refractivity contribution in [3.05, 3.63) is 56.8 Å². The van der Waals surface area contributed by atoms with E-state index in [1.807, 2.05) is 20.9 Å². The number of rotatable bonds is 6. The predicted molar refractivity (Wildman–Crippen MR) is 101 cm³/mol. The van der Waals surface area contributed by atoms with Crippen LogP contribution < -0.4 is 5.32 Å². The molecule has 0 atom stereocenters. The zero-order chi connectivity index (χ0) is 19.3. The van der Waals surface area contributed by atoms with Crippen molar-refractivity contribution in [1.29, 1.82) is 0 Å². The molecule has 0 aliphatic heterocycles. The molecule has 0 unspecified atom stereocenters. The van der Waals surface area contributed by atoms with Gasteiger partial charge in [-0.2, -0.15) is 5.10 Å². The number of carbonyl (C=O) groups excluding carboxylic acids is 2. The molecule has 1 heterocycles. The van der Waals surface area contributed by atoms with Gasteiger partial charge in [-0.1, -0.05) is 29.3 Å². The maximum atomic E-state index is 11.8. The summed E-state index contributed by atoms with van der Waals surface area (Å²) in [4.78, 5) is 23.6. The number of nitrogens with one attached hydrogen (secondary N) is 1. The summed E-state index contributed by atoms with van der Waals surface area (Å²) in [6.07, 6.45) is 2.91. The first-order valence-corrected chi connectivity index (χ1v) is 8.59. The van der Waals surface area contributed by atoms with Gasteiger partial charge in [-0.3, -0.25) is 9.48 Å². The van der Waals surface area contributed by atoms with E-state index < -0.39 is 11.9 Å². The van der Waals surface area contributed by atoms with Gasteiger partial charge in [-0.15, -0.1) is 0 Å². The van der Waals surface area contributed by atoms with Gasteiger partial charge in [0.25, 0.3) is 5.91 Å². The summed E-state index contributed by atoms with van der Waals surface area (Å²) < 4.78 is 6.66. The van der Waals surface area contributed by atoms with E-state index in [1.54, 1.807) is 29.0 Å². The molecule has 0 saturated carbocycles. The second kappa shape index (κ2) is 8.87. The number of ether oxygens (including phenoxy) is 1. The number of aryl methyl sites for hydroxylation is 2. The number of hydrogen-bond donors (Lipinski definition) is 1. The van der Waals surface area contributed by atoms with Crippen molar-refractivity contribution < 1.29 is 14.3 Å². The molecule has 1 amide bonds. The fourth-order valence-electron chi connectivity index (χ4n) is 2.28. The van der Waals surface area contributed by atoms with Crippen LogP contribution >= 0.6 is 23.2 Å². The molecule has 2 rings (SSSR count). The Hall–Kier alpha value is -2.31. The van der Waals surface area contributed by atoms with E-state index in [0.29, 0.717) is 10.0 Å². The van der Waals surface area contributed by atoms with Crippen molar-refractivity contribution in [3.63, 3.8) is 0 Å². The average molecular weight is 396 g/mol. The molecule has 26 heavy (non-hydrogen) atoms. The lowest BCUT2D eigenvalue weighted by Gasteiger charge is -2.07. The minimum absolute atomic E-state index is 0.219.